The zero-order valence-corrected chi connectivity index (χ0v) is 14.4. The molecule has 3 heterocycles. The van der Waals surface area contributed by atoms with Crippen LogP contribution in [0.15, 0.2) is 70.4 Å². The van der Waals surface area contributed by atoms with Gasteiger partial charge in [0, 0.05) is 12.0 Å². The largest absolute Gasteiger partial charge is 0.464 e. The summed E-state index contributed by atoms with van der Waals surface area (Å²) < 4.78 is 26.2. The molecule has 0 radical (unpaired) electrons. The molecule has 4 nitrogen and oxygen atoms in total. The molecule has 3 aromatic rings. The minimum Gasteiger partial charge on any atom is -0.464 e. The van der Waals surface area contributed by atoms with Crippen molar-refractivity contribution >= 4 is 17.3 Å². The number of nitrogens with zero attached hydrogens (tertiary/aromatic N) is 2. The summed E-state index contributed by atoms with van der Waals surface area (Å²) in [5.41, 5.74) is 2.11. The van der Waals surface area contributed by atoms with Gasteiger partial charge in [-0.05, 0) is 30.3 Å². The molecule has 5 rings (SSSR count). The van der Waals surface area contributed by atoms with E-state index in [1.54, 1.807) is 23.4 Å². The number of rotatable bonds is 2. The van der Waals surface area contributed by atoms with Crippen LogP contribution in [-0.4, -0.2) is 10.7 Å². The van der Waals surface area contributed by atoms with E-state index < -0.39 is 12.0 Å². The maximum absolute atomic E-state index is 14.6. The third kappa shape index (κ3) is 2.31. The van der Waals surface area contributed by atoms with Crippen molar-refractivity contribution in [1.82, 2.24) is 5.01 Å². The molecule has 0 amide bonds. The minimum absolute atomic E-state index is 0.0688. The van der Waals surface area contributed by atoms with Gasteiger partial charge in [0.25, 0.3) is 0 Å². The number of hydrazone groups is 1. The normalized spacial score (nSPS) is 21.0. The quantitative estimate of drug-likeness (QED) is 0.614. The highest BCUT2D eigenvalue weighted by Crippen LogP contribution is 2.48. The molecule has 130 valence electrons. The smallest absolute Gasteiger partial charge is 0.218 e. The van der Waals surface area contributed by atoms with E-state index in [1.807, 2.05) is 36.4 Å². The van der Waals surface area contributed by atoms with Gasteiger partial charge in [0.1, 0.15) is 23.0 Å². The van der Waals surface area contributed by atoms with Crippen LogP contribution in [0.25, 0.3) is 0 Å². The van der Waals surface area contributed by atoms with Crippen LogP contribution in [0, 0.1) is 5.82 Å². The number of fused-ring (bicyclic) bond motifs is 3. The zero-order chi connectivity index (χ0) is 17.7. The van der Waals surface area contributed by atoms with Gasteiger partial charge in [-0.2, -0.15) is 5.10 Å². The highest BCUT2D eigenvalue weighted by molar-refractivity contribution is 6.31. The Morgan fingerprint density at radius 2 is 1.96 bits per heavy atom. The van der Waals surface area contributed by atoms with Crippen LogP contribution >= 0.6 is 11.6 Å². The van der Waals surface area contributed by atoms with E-state index in [2.05, 4.69) is 0 Å². The van der Waals surface area contributed by atoms with Gasteiger partial charge >= 0.3 is 0 Å². The number of furan rings is 1. The topological polar surface area (TPSA) is 38.0 Å². The van der Waals surface area contributed by atoms with Gasteiger partial charge in [-0.1, -0.05) is 35.9 Å². The number of para-hydroxylation sites is 1. The number of hydrogen-bond acceptors (Lipinski definition) is 4. The van der Waals surface area contributed by atoms with Crippen molar-refractivity contribution in [3.8, 4) is 5.75 Å². The SMILES string of the molecule is Fc1cccc(Cl)c1[C@@H]1Oc2ccccc2[C@H]2CC(c3ccco3)=NN21. The highest BCUT2D eigenvalue weighted by atomic mass is 35.5. The predicted octanol–water partition coefficient (Wildman–Crippen LogP) is 5.31. The molecule has 0 saturated carbocycles. The molecule has 2 atom stereocenters. The van der Waals surface area contributed by atoms with E-state index in [0.29, 0.717) is 23.0 Å². The summed E-state index contributed by atoms with van der Waals surface area (Å²) in [5.74, 6) is 1.01. The fourth-order valence-electron chi connectivity index (χ4n) is 3.56. The molecule has 0 spiro atoms. The summed E-state index contributed by atoms with van der Waals surface area (Å²) in [5, 5.41) is 6.79. The molecule has 0 unspecified atom stereocenters. The van der Waals surface area contributed by atoms with E-state index in [0.717, 1.165) is 11.3 Å². The molecule has 2 aromatic carbocycles. The number of halogens is 2. The van der Waals surface area contributed by atoms with Gasteiger partial charge in [0.15, 0.2) is 0 Å². The van der Waals surface area contributed by atoms with Crippen molar-refractivity contribution in [2.24, 2.45) is 5.10 Å². The second-order valence-corrected chi connectivity index (χ2v) is 6.67. The predicted molar refractivity (Wildman–Crippen MR) is 95.7 cm³/mol. The average Bonchev–Trinajstić information content (AvgIpc) is 3.31. The second kappa shape index (κ2) is 5.88. The van der Waals surface area contributed by atoms with Crippen LogP contribution in [0.4, 0.5) is 4.39 Å². The van der Waals surface area contributed by atoms with Crippen LogP contribution in [0.1, 0.15) is 35.6 Å². The van der Waals surface area contributed by atoms with Gasteiger partial charge in [-0.3, -0.25) is 0 Å². The molecule has 26 heavy (non-hydrogen) atoms. The highest BCUT2D eigenvalue weighted by Gasteiger charge is 2.42. The van der Waals surface area contributed by atoms with Gasteiger partial charge in [0.05, 0.1) is 22.9 Å². The molecular formula is C20H14ClFN2O2. The summed E-state index contributed by atoms with van der Waals surface area (Å²) >= 11 is 6.30. The van der Waals surface area contributed by atoms with Gasteiger partial charge in [-0.25, -0.2) is 9.40 Å². The average molecular weight is 369 g/mol. The van der Waals surface area contributed by atoms with Crippen molar-refractivity contribution in [3.63, 3.8) is 0 Å². The summed E-state index contributed by atoms with van der Waals surface area (Å²) in [6, 6.07) is 16.0. The summed E-state index contributed by atoms with van der Waals surface area (Å²) in [6.07, 6.45) is 1.53. The third-order valence-corrected chi connectivity index (χ3v) is 5.08. The number of hydrogen-bond donors (Lipinski definition) is 0. The van der Waals surface area contributed by atoms with Crippen molar-refractivity contribution < 1.29 is 13.5 Å². The summed E-state index contributed by atoms with van der Waals surface area (Å²) in [4.78, 5) is 0. The van der Waals surface area contributed by atoms with Crippen LogP contribution in [0.2, 0.25) is 5.02 Å². The molecule has 0 saturated heterocycles. The molecule has 0 aliphatic carbocycles. The number of benzene rings is 2. The van der Waals surface area contributed by atoms with Crippen LogP contribution < -0.4 is 4.74 Å². The van der Waals surface area contributed by atoms with E-state index in [4.69, 9.17) is 25.9 Å². The Kier molecular flexibility index (Phi) is 3.50. The molecule has 1 aromatic heterocycles. The molecule has 2 aliphatic heterocycles. The van der Waals surface area contributed by atoms with E-state index in [9.17, 15) is 4.39 Å². The zero-order valence-electron chi connectivity index (χ0n) is 13.6. The number of ether oxygens (including phenoxy) is 1. The van der Waals surface area contributed by atoms with Crippen molar-refractivity contribution in [2.45, 2.75) is 18.7 Å². The molecule has 0 N–H and O–H groups in total. The first kappa shape index (κ1) is 15.5. The van der Waals surface area contributed by atoms with Crippen molar-refractivity contribution in [2.75, 3.05) is 0 Å². The van der Waals surface area contributed by atoms with Crippen molar-refractivity contribution in [3.05, 3.63) is 88.6 Å². The molecule has 0 fully saturated rings. The maximum atomic E-state index is 14.6. The van der Waals surface area contributed by atoms with Crippen LogP contribution in [0.5, 0.6) is 5.75 Å². The lowest BCUT2D eigenvalue weighted by Gasteiger charge is -2.38. The molecule has 2 aliphatic rings. The maximum Gasteiger partial charge on any atom is 0.218 e. The lowest BCUT2D eigenvalue weighted by atomic mass is 9.97. The first-order valence-electron chi connectivity index (χ1n) is 8.31. The summed E-state index contributed by atoms with van der Waals surface area (Å²) in [6.45, 7) is 0. The lowest BCUT2D eigenvalue weighted by molar-refractivity contribution is -0.0211. The Balaban J connectivity index is 1.66. The van der Waals surface area contributed by atoms with E-state index >= 15 is 0 Å². The van der Waals surface area contributed by atoms with Gasteiger partial charge in [-0.15, -0.1) is 0 Å². The molecular weight excluding hydrogens is 355 g/mol. The lowest BCUT2D eigenvalue weighted by Crippen LogP contribution is -2.34. The Hall–Kier alpha value is -2.79. The fraction of sp³-hybridized carbons (Fsp3) is 0.150. The van der Waals surface area contributed by atoms with Crippen LogP contribution in [0.3, 0.4) is 0 Å². The minimum atomic E-state index is -0.740. The summed E-state index contributed by atoms with van der Waals surface area (Å²) in [7, 11) is 0. The van der Waals surface area contributed by atoms with Gasteiger partial charge in [0.2, 0.25) is 6.23 Å². The fourth-order valence-corrected chi connectivity index (χ4v) is 3.82. The van der Waals surface area contributed by atoms with E-state index in [-0.39, 0.29) is 11.6 Å². The van der Waals surface area contributed by atoms with Crippen LogP contribution in [-0.2, 0) is 0 Å². The monoisotopic (exact) mass is 368 g/mol. The standard InChI is InChI=1S/C20H14ClFN2O2/c21-13-6-3-7-14(22)19(13)20-24-16(12-5-1-2-8-17(12)26-20)11-15(23-24)18-9-4-10-25-18/h1-10,16,20H,11H2/t16-,20+/m1/s1. The Bertz CT molecular complexity index is 983. The third-order valence-electron chi connectivity index (χ3n) is 4.75. The molecule has 6 heteroatoms. The first-order chi connectivity index (χ1) is 12.7. The second-order valence-electron chi connectivity index (χ2n) is 6.27. The molecule has 0 bridgehead atoms. The first-order valence-corrected chi connectivity index (χ1v) is 8.69. The Labute approximate surface area is 154 Å². The Morgan fingerprint density at radius 3 is 2.77 bits per heavy atom. The van der Waals surface area contributed by atoms with Crippen molar-refractivity contribution in [1.29, 1.82) is 0 Å². The Morgan fingerprint density at radius 1 is 1.08 bits per heavy atom. The van der Waals surface area contributed by atoms with E-state index in [1.165, 1.54) is 6.07 Å². The van der Waals surface area contributed by atoms with Gasteiger partial charge < -0.3 is 9.15 Å².